The average molecular weight is 371 g/mol. The summed E-state index contributed by atoms with van der Waals surface area (Å²) in [5.74, 6) is 0. The normalized spacial score (nSPS) is 10.9. The van der Waals surface area contributed by atoms with Gasteiger partial charge < -0.3 is 0 Å². The number of rotatable bonds is 11. The van der Waals surface area contributed by atoms with Crippen LogP contribution in [0.25, 0.3) is 22.3 Å². The van der Waals surface area contributed by atoms with E-state index in [0.717, 1.165) is 0 Å². The van der Waals surface area contributed by atoms with Crippen molar-refractivity contribution in [3.8, 4) is 22.3 Å². The maximum Gasteiger partial charge on any atom is -0.0152 e. The zero-order valence-corrected chi connectivity index (χ0v) is 17.4. The SMILES string of the molecule is CCCCCCCCCCc1ccccc1-c1ccc(-c2ccccc2)cc1. The molecule has 28 heavy (non-hydrogen) atoms. The molecule has 3 aromatic rings. The van der Waals surface area contributed by atoms with Crippen molar-refractivity contribution in [2.45, 2.75) is 64.7 Å². The van der Waals surface area contributed by atoms with E-state index in [1.807, 2.05) is 0 Å². The third-order valence-corrected chi connectivity index (χ3v) is 5.62. The molecule has 0 atom stereocenters. The summed E-state index contributed by atoms with van der Waals surface area (Å²) in [6.07, 6.45) is 12.2. The Labute approximate surface area is 171 Å². The van der Waals surface area contributed by atoms with Crippen molar-refractivity contribution in [1.29, 1.82) is 0 Å². The first-order valence-corrected chi connectivity index (χ1v) is 11.1. The highest BCUT2D eigenvalue weighted by Gasteiger charge is 2.05. The summed E-state index contributed by atoms with van der Waals surface area (Å²) in [7, 11) is 0. The molecule has 3 aromatic carbocycles. The van der Waals surface area contributed by atoms with Crippen LogP contribution in [0.1, 0.15) is 63.9 Å². The van der Waals surface area contributed by atoms with E-state index in [2.05, 4.69) is 85.8 Å². The van der Waals surface area contributed by atoms with Crippen LogP contribution in [0.3, 0.4) is 0 Å². The highest BCUT2D eigenvalue weighted by Crippen LogP contribution is 2.28. The molecule has 3 rings (SSSR count). The van der Waals surface area contributed by atoms with Crippen LogP contribution in [0.5, 0.6) is 0 Å². The van der Waals surface area contributed by atoms with Crippen LogP contribution in [-0.2, 0) is 6.42 Å². The van der Waals surface area contributed by atoms with Gasteiger partial charge in [0.1, 0.15) is 0 Å². The van der Waals surface area contributed by atoms with E-state index in [-0.39, 0.29) is 0 Å². The van der Waals surface area contributed by atoms with Crippen LogP contribution in [0.2, 0.25) is 0 Å². The second kappa shape index (κ2) is 11.5. The average Bonchev–Trinajstić information content (AvgIpc) is 2.77. The van der Waals surface area contributed by atoms with Crippen LogP contribution in [-0.4, -0.2) is 0 Å². The lowest BCUT2D eigenvalue weighted by Crippen LogP contribution is -1.91. The topological polar surface area (TPSA) is 0 Å². The van der Waals surface area contributed by atoms with Crippen molar-refractivity contribution >= 4 is 0 Å². The Bertz CT molecular complexity index is 799. The van der Waals surface area contributed by atoms with Gasteiger partial charge >= 0.3 is 0 Å². The fourth-order valence-electron chi connectivity index (χ4n) is 3.94. The molecule has 0 aliphatic heterocycles. The quantitative estimate of drug-likeness (QED) is 0.296. The van der Waals surface area contributed by atoms with Crippen LogP contribution in [0.4, 0.5) is 0 Å². The molecule has 146 valence electrons. The lowest BCUT2D eigenvalue weighted by Gasteiger charge is -2.11. The predicted molar refractivity (Wildman–Crippen MR) is 124 cm³/mol. The highest BCUT2D eigenvalue weighted by atomic mass is 14.1. The number of hydrogen-bond acceptors (Lipinski definition) is 0. The third kappa shape index (κ3) is 6.09. The van der Waals surface area contributed by atoms with Crippen molar-refractivity contribution in [1.82, 2.24) is 0 Å². The van der Waals surface area contributed by atoms with Gasteiger partial charge in [-0.15, -0.1) is 0 Å². The van der Waals surface area contributed by atoms with Gasteiger partial charge in [-0.3, -0.25) is 0 Å². The van der Waals surface area contributed by atoms with E-state index >= 15 is 0 Å². The van der Waals surface area contributed by atoms with Crippen LogP contribution < -0.4 is 0 Å². The lowest BCUT2D eigenvalue weighted by atomic mass is 9.94. The third-order valence-electron chi connectivity index (χ3n) is 5.62. The molecule has 0 saturated carbocycles. The number of benzene rings is 3. The predicted octanol–water partition coefficient (Wildman–Crippen LogP) is 8.70. The molecule has 0 saturated heterocycles. The zero-order valence-electron chi connectivity index (χ0n) is 17.4. The minimum atomic E-state index is 1.19. The Morgan fingerprint density at radius 1 is 0.464 bits per heavy atom. The van der Waals surface area contributed by atoms with Crippen molar-refractivity contribution in [2.24, 2.45) is 0 Å². The molecule has 0 unspecified atom stereocenters. The summed E-state index contributed by atoms with van der Waals surface area (Å²) in [4.78, 5) is 0. The Morgan fingerprint density at radius 3 is 1.71 bits per heavy atom. The molecule has 0 heterocycles. The molecule has 0 amide bonds. The Kier molecular flexibility index (Phi) is 8.37. The standard InChI is InChI=1S/C28H34/c1-2-3-4-5-6-7-8-10-17-26-18-13-14-19-28(26)27-22-20-25(21-23-27)24-15-11-9-12-16-24/h9,11-16,18-23H,2-8,10,17H2,1H3. The first kappa shape index (κ1) is 20.4. The first-order chi connectivity index (χ1) is 13.9. The van der Waals surface area contributed by atoms with Gasteiger partial charge in [-0.2, -0.15) is 0 Å². The fraction of sp³-hybridized carbons (Fsp3) is 0.357. The molecule has 0 nitrogen and oxygen atoms in total. The molecule has 0 heteroatoms. The maximum absolute atomic E-state index is 2.31. The molecule has 0 spiro atoms. The van der Waals surface area contributed by atoms with Gasteiger partial charge in [0.05, 0.1) is 0 Å². The van der Waals surface area contributed by atoms with Gasteiger partial charge in [-0.1, -0.05) is 131 Å². The second-order valence-corrected chi connectivity index (χ2v) is 7.83. The van der Waals surface area contributed by atoms with E-state index in [1.54, 1.807) is 0 Å². The molecule has 0 bridgehead atoms. The van der Waals surface area contributed by atoms with Crippen LogP contribution in [0, 0.1) is 0 Å². The first-order valence-electron chi connectivity index (χ1n) is 11.1. The monoisotopic (exact) mass is 370 g/mol. The summed E-state index contributed by atoms with van der Waals surface area (Å²) in [5, 5.41) is 0. The fourth-order valence-corrected chi connectivity index (χ4v) is 3.94. The molecule has 0 aliphatic carbocycles. The van der Waals surface area contributed by atoms with Gasteiger partial charge in [0.2, 0.25) is 0 Å². The second-order valence-electron chi connectivity index (χ2n) is 7.83. The van der Waals surface area contributed by atoms with E-state index < -0.39 is 0 Å². The number of aryl methyl sites for hydroxylation is 1. The molecule has 0 N–H and O–H groups in total. The molecule has 0 aliphatic rings. The maximum atomic E-state index is 2.31. The lowest BCUT2D eigenvalue weighted by molar-refractivity contribution is 0.575. The van der Waals surface area contributed by atoms with Crippen molar-refractivity contribution in [2.75, 3.05) is 0 Å². The van der Waals surface area contributed by atoms with E-state index in [0.29, 0.717) is 0 Å². The van der Waals surface area contributed by atoms with Gasteiger partial charge in [-0.25, -0.2) is 0 Å². The highest BCUT2D eigenvalue weighted by molar-refractivity contribution is 5.72. The van der Waals surface area contributed by atoms with E-state index in [4.69, 9.17) is 0 Å². The molecule has 0 aromatic heterocycles. The van der Waals surface area contributed by atoms with E-state index in [9.17, 15) is 0 Å². The summed E-state index contributed by atoms with van der Waals surface area (Å²) in [5.41, 5.74) is 6.77. The summed E-state index contributed by atoms with van der Waals surface area (Å²) in [6.45, 7) is 2.28. The minimum absolute atomic E-state index is 1.19. The summed E-state index contributed by atoms with van der Waals surface area (Å²) in [6, 6.07) is 28.6. The van der Waals surface area contributed by atoms with Gasteiger partial charge in [0.25, 0.3) is 0 Å². The van der Waals surface area contributed by atoms with Gasteiger partial charge in [0.15, 0.2) is 0 Å². The Morgan fingerprint density at radius 2 is 1.00 bits per heavy atom. The van der Waals surface area contributed by atoms with Crippen molar-refractivity contribution < 1.29 is 0 Å². The van der Waals surface area contributed by atoms with Crippen LogP contribution in [0.15, 0.2) is 78.9 Å². The Balaban J connectivity index is 1.56. The zero-order chi connectivity index (χ0) is 19.4. The van der Waals surface area contributed by atoms with Crippen molar-refractivity contribution in [3.63, 3.8) is 0 Å². The van der Waals surface area contributed by atoms with Crippen molar-refractivity contribution in [3.05, 3.63) is 84.4 Å². The largest absolute Gasteiger partial charge is 0.0654 e. The number of unbranched alkanes of at least 4 members (excludes halogenated alkanes) is 7. The summed E-state index contributed by atoms with van der Waals surface area (Å²) >= 11 is 0. The van der Waals surface area contributed by atoms with Gasteiger partial charge in [-0.05, 0) is 40.7 Å². The molecular formula is C28H34. The number of hydrogen-bond donors (Lipinski definition) is 0. The molecule has 0 radical (unpaired) electrons. The minimum Gasteiger partial charge on any atom is -0.0654 e. The molecular weight excluding hydrogens is 336 g/mol. The smallest absolute Gasteiger partial charge is 0.0152 e. The van der Waals surface area contributed by atoms with Gasteiger partial charge in [0, 0.05) is 0 Å². The summed E-state index contributed by atoms with van der Waals surface area (Å²) < 4.78 is 0. The van der Waals surface area contributed by atoms with Crippen LogP contribution >= 0.6 is 0 Å². The van der Waals surface area contributed by atoms with E-state index in [1.165, 1.54) is 85.6 Å². The molecule has 0 fully saturated rings. The Hall–Kier alpha value is -2.34.